The summed E-state index contributed by atoms with van der Waals surface area (Å²) in [5, 5.41) is 4.69. The molecule has 0 unspecified atom stereocenters. The highest BCUT2D eigenvalue weighted by atomic mass is 79.9. The molecule has 90 valence electrons. The van der Waals surface area contributed by atoms with Crippen molar-refractivity contribution in [1.82, 2.24) is 9.78 Å². The molecule has 0 saturated heterocycles. The summed E-state index contributed by atoms with van der Waals surface area (Å²) in [6.07, 6.45) is 0. The summed E-state index contributed by atoms with van der Waals surface area (Å²) >= 11 is 9.26. The highest BCUT2D eigenvalue weighted by molar-refractivity contribution is 9.10. The van der Waals surface area contributed by atoms with Crippen LogP contribution in [-0.2, 0) is 13.6 Å². The van der Waals surface area contributed by atoms with Gasteiger partial charge >= 0.3 is 0 Å². The van der Waals surface area contributed by atoms with Crippen LogP contribution in [0.15, 0.2) is 22.7 Å². The summed E-state index contributed by atoms with van der Waals surface area (Å²) < 4.78 is 16.1. The molecular formula is C11H10BrClFN3. The Morgan fingerprint density at radius 1 is 1.53 bits per heavy atom. The summed E-state index contributed by atoms with van der Waals surface area (Å²) in [6, 6.07) is 4.41. The lowest BCUT2D eigenvalue weighted by atomic mass is 10.1. The van der Waals surface area contributed by atoms with Crippen LogP contribution in [0.4, 0.5) is 4.39 Å². The normalized spacial score (nSPS) is 10.9. The van der Waals surface area contributed by atoms with E-state index in [4.69, 9.17) is 17.3 Å². The molecule has 0 aliphatic carbocycles. The molecular weight excluding hydrogens is 308 g/mol. The molecule has 2 aromatic rings. The van der Waals surface area contributed by atoms with Crippen molar-refractivity contribution in [3.8, 4) is 11.3 Å². The minimum Gasteiger partial charge on any atom is -0.325 e. The fourth-order valence-electron chi connectivity index (χ4n) is 1.66. The highest BCUT2D eigenvalue weighted by Crippen LogP contribution is 2.33. The van der Waals surface area contributed by atoms with Gasteiger partial charge < -0.3 is 5.73 Å². The Hall–Kier alpha value is -0.910. The molecule has 0 amide bonds. The summed E-state index contributed by atoms with van der Waals surface area (Å²) in [5.41, 5.74) is 7.27. The molecule has 6 heteroatoms. The predicted octanol–water partition coefficient (Wildman–Crippen LogP) is 3.10. The Labute approximate surface area is 112 Å². The van der Waals surface area contributed by atoms with Crippen molar-refractivity contribution < 1.29 is 4.39 Å². The van der Waals surface area contributed by atoms with Crippen molar-refractivity contribution in [2.45, 2.75) is 6.54 Å². The zero-order chi connectivity index (χ0) is 12.6. The molecule has 2 N–H and O–H groups in total. The summed E-state index contributed by atoms with van der Waals surface area (Å²) in [6.45, 7) is 0.288. The minimum atomic E-state index is -0.346. The largest absolute Gasteiger partial charge is 0.325 e. The monoisotopic (exact) mass is 317 g/mol. The third kappa shape index (κ3) is 2.22. The van der Waals surface area contributed by atoms with Crippen LogP contribution >= 0.6 is 27.5 Å². The van der Waals surface area contributed by atoms with Crippen LogP contribution in [0.2, 0.25) is 5.02 Å². The molecule has 1 aromatic heterocycles. The Morgan fingerprint density at radius 2 is 2.24 bits per heavy atom. The van der Waals surface area contributed by atoms with E-state index in [-0.39, 0.29) is 12.4 Å². The summed E-state index contributed by atoms with van der Waals surface area (Å²) in [4.78, 5) is 0. The topological polar surface area (TPSA) is 43.8 Å². The maximum atomic E-state index is 13.8. The quantitative estimate of drug-likeness (QED) is 0.924. The molecule has 1 heterocycles. The van der Waals surface area contributed by atoms with Gasteiger partial charge in [0.1, 0.15) is 5.82 Å². The molecule has 1 aromatic carbocycles. The van der Waals surface area contributed by atoms with Gasteiger partial charge in [-0.2, -0.15) is 5.10 Å². The van der Waals surface area contributed by atoms with Crippen LogP contribution in [0.5, 0.6) is 0 Å². The summed E-state index contributed by atoms with van der Waals surface area (Å²) in [5.74, 6) is -0.346. The van der Waals surface area contributed by atoms with Gasteiger partial charge in [-0.25, -0.2) is 4.39 Å². The lowest BCUT2D eigenvalue weighted by Gasteiger charge is -2.05. The zero-order valence-electron chi connectivity index (χ0n) is 9.04. The summed E-state index contributed by atoms with van der Waals surface area (Å²) in [7, 11) is 1.74. The fraction of sp³-hybridized carbons (Fsp3) is 0.182. The Kier molecular flexibility index (Phi) is 3.51. The number of benzene rings is 1. The zero-order valence-corrected chi connectivity index (χ0v) is 11.4. The number of hydrogen-bond donors (Lipinski definition) is 1. The van der Waals surface area contributed by atoms with Gasteiger partial charge in [0.2, 0.25) is 0 Å². The maximum absolute atomic E-state index is 13.8. The van der Waals surface area contributed by atoms with Gasteiger partial charge in [-0.05, 0) is 34.1 Å². The number of halogens is 3. The van der Waals surface area contributed by atoms with Crippen molar-refractivity contribution in [3.63, 3.8) is 0 Å². The third-order valence-electron chi connectivity index (χ3n) is 2.43. The molecule has 0 radical (unpaired) electrons. The Bertz CT molecular complexity index is 568. The van der Waals surface area contributed by atoms with Gasteiger partial charge in [0.15, 0.2) is 0 Å². The fourth-order valence-corrected chi connectivity index (χ4v) is 2.54. The van der Waals surface area contributed by atoms with Crippen LogP contribution in [-0.4, -0.2) is 9.78 Å². The Balaban J connectivity index is 2.68. The van der Waals surface area contributed by atoms with E-state index in [0.717, 1.165) is 0 Å². The molecule has 0 saturated carbocycles. The number of aryl methyl sites for hydroxylation is 1. The average molecular weight is 319 g/mol. The lowest BCUT2D eigenvalue weighted by Crippen LogP contribution is -1.99. The number of hydrogen-bond acceptors (Lipinski definition) is 2. The highest BCUT2D eigenvalue weighted by Gasteiger charge is 2.17. The second kappa shape index (κ2) is 4.76. The molecule has 2 rings (SSSR count). The number of nitrogens with two attached hydrogens (primary N) is 1. The molecule has 0 spiro atoms. The van der Waals surface area contributed by atoms with Crippen molar-refractivity contribution in [3.05, 3.63) is 39.2 Å². The van der Waals surface area contributed by atoms with Gasteiger partial charge in [-0.3, -0.25) is 4.68 Å². The van der Waals surface area contributed by atoms with Gasteiger partial charge in [0, 0.05) is 24.2 Å². The standard InChI is InChI=1S/C11H10BrClFN3/c1-17-11(10(12)9(5-15)16-17)7-4-6(13)2-3-8(7)14/h2-4H,5,15H2,1H3. The predicted molar refractivity (Wildman–Crippen MR) is 69.2 cm³/mol. The van der Waals surface area contributed by atoms with Crippen molar-refractivity contribution in [2.24, 2.45) is 12.8 Å². The average Bonchev–Trinajstić information content (AvgIpc) is 2.58. The lowest BCUT2D eigenvalue weighted by molar-refractivity contribution is 0.628. The van der Waals surface area contributed by atoms with E-state index >= 15 is 0 Å². The van der Waals surface area contributed by atoms with Crippen LogP contribution in [0.25, 0.3) is 11.3 Å². The molecule has 0 fully saturated rings. The van der Waals surface area contributed by atoms with Crippen molar-refractivity contribution >= 4 is 27.5 Å². The number of nitrogens with zero attached hydrogens (tertiary/aromatic N) is 2. The number of rotatable bonds is 2. The first-order chi connectivity index (χ1) is 8.04. The van der Waals surface area contributed by atoms with E-state index in [0.29, 0.717) is 26.4 Å². The molecule has 0 atom stereocenters. The first-order valence-corrected chi connectivity index (χ1v) is 6.08. The van der Waals surface area contributed by atoms with E-state index in [1.807, 2.05) is 0 Å². The van der Waals surface area contributed by atoms with Gasteiger partial charge in [0.05, 0.1) is 15.9 Å². The SMILES string of the molecule is Cn1nc(CN)c(Br)c1-c1cc(Cl)ccc1F. The van der Waals surface area contributed by atoms with Crippen molar-refractivity contribution in [2.75, 3.05) is 0 Å². The Morgan fingerprint density at radius 3 is 2.82 bits per heavy atom. The van der Waals surface area contributed by atoms with E-state index in [9.17, 15) is 4.39 Å². The second-order valence-electron chi connectivity index (χ2n) is 3.56. The molecule has 0 bridgehead atoms. The smallest absolute Gasteiger partial charge is 0.132 e. The third-order valence-corrected chi connectivity index (χ3v) is 3.50. The first kappa shape index (κ1) is 12.5. The molecule has 0 aliphatic rings. The molecule has 3 nitrogen and oxygen atoms in total. The minimum absolute atomic E-state index is 0.288. The van der Waals surface area contributed by atoms with E-state index in [1.165, 1.54) is 12.1 Å². The number of aromatic nitrogens is 2. The maximum Gasteiger partial charge on any atom is 0.132 e. The van der Waals surface area contributed by atoms with Crippen LogP contribution in [0, 0.1) is 5.82 Å². The molecule has 17 heavy (non-hydrogen) atoms. The van der Waals surface area contributed by atoms with E-state index in [1.54, 1.807) is 17.8 Å². The first-order valence-electron chi connectivity index (χ1n) is 4.91. The van der Waals surface area contributed by atoms with Gasteiger partial charge in [-0.1, -0.05) is 11.6 Å². The van der Waals surface area contributed by atoms with Crippen LogP contribution < -0.4 is 5.73 Å². The van der Waals surface area contributed by atoms with E-state index < -0.39 is 0 Å². The van der Waals surface area contributed by atoms with Crippen LogP contribution in [0.3, 0.4) is 0 Å². The van der Waals surface area contributed by atoms with Crippen LogP contribution in [0.1, 0.15) is 5.69 Å². The molecule has 0 aliphatic heterocycles. The van der Waals surface area contributed by atoms with Crippen molar-refractivity contribution in [1.29, 1.82) is 0 Å². The van der Waals surface area contributed by atoms with Gasteiger partial charge in [0.25, 0.3) is 0 Å². The second-order valence-corrected chi connectivity index (χ2v) is 4.79. The van der Waals surface area contributed by atoms with E-state index in [2.05, 4.69) is 21.0 Å². The van der Waals surface area contributed by atoms with Gasteiger partial charge in [-0.15, -0.1) is 0 Å².